The molecular weight excluding hydrogens is 227 g/mol. The molecule has 0 aliphatic carbocycles. The van der Waals surface area contributed by atoms with Crippen molar-refractivity contribution in [2.45, 2.75) is 27.3 Å². The second-order valence-electron chi connectivity index (χ2n) is 3.70. The summed E-state index contributed by atoms with van der Waals surface area (Å²) in [6.45, 7) is 6.67. The summed E-state index contributed by atoms with van der Waals surface area (Å²) in [4.78, 5) is 4.19. The van der Waals surface area contributed by atoms with Crippen molar-refractivity contribution in [1.29, 1.82) is 0 Å². The Balaban J connectivity index is 0.000000771. The third-order valence-corrected chi connectivity index (χ3v) is 2.30. The minimum atomic E-state index is -0.211. The Hall–Kier alpha value is -1.90. The van der Waals surface area contributed by atoms with E-state index in [1.807, 2.05) is 32.9 Å². The minimum absolute atomic E-state index is 0.211. The fourth-order valence-corrected chi connectivity index (χ4v) is 1.43. The summed E-state index contributed by atoms with van der Waals surface area (Å²) in [7, 11) is 0. The molecule has 0 unspecified atom stereocenters. The Bertz CT molecular complexity index is 466. The Morgan fingerprint density at radius 3 is 2.39 bits per heavy atom. The van der Waals surface area contributed by atoms with Gasteiger partial charge in [-0.3, -0.25) is 0 Å². The maximum absolute atomic E-state index is 12.7. The summed E-state index contributed by atoms with van der Waals surface area (Å²) in [5, 5.41) is 3.19. The van der Waals surface area contributed by atoms with Gasteiger partial charge >= 0.3 is 0 Å². The predicted octanol–water partition coefficient (Wildman–Crippen LogP) is 4.17. The van der Waals surface area contributed by atoms with Gasteiger partial charge in [0.25, 0.3) is 0 Å². The van der Waals surface area contributed by atoms with Crippen molar-refractivity contribution in [2.24, 2.45) is 0 Å². The van der Waals surface area contributed by atoms with Crippen LogP contribution in [0.4, 0.5) is 10.2 Å². The Kier molecular flexibility index (Phi) is 5.85. The Labute approximate surface area is 108 Å². The lowest BCUT2D eigenvalue weighted by Crippen LogP contribution is -2.01. The van der Waals surface area contributed by atoms with Crippen LogP contribution in [0.15, 0.2) is 42.6 Å². The molecule has 0 saturated heterocycles. The monoisotopic (exact) mass is 246 g/mol. The number of hydrogen-bond acceptors (Lipinski definition) is 2. The number of aryl methyl sites for hydroxylation is 1. The molecule has 2 nitrogen and oxygen atoms in total. The summed E-state index contributed by atoms with van der Waals surface area (Å²) in [5.41, 5.74) is 2.20. The zero-order valence-corrected chi connectivity index (χ0v) is 11.1. The summed E-state index contributed by atoms with van der Waals surface area (Å²) in [6, 6.07) is 10.4. The van der Waals surface area contributed by atoms with Crippen LogP contribution in [-0.2, 0) is 6.54 Å². The van der Waals surface area contributed by atoms with Crippen LogP contribution in [0.2, 0.25) is 0 Å². The van der Waals surface area contributed by atoms with Crippen LogP contribution in [0, 0.1) is 12.7 Å². The molecule has 2 rings (SSSR count). The molecule has 96 valence electrons. The number of nitrogens with zero attached hydrogens (tertiary/aromatic N) is 1. The van der Waals surface area contributed by atoms with Crippen molar-refractivity contribution < 1.29 is 4.39 Å². The first kappa shape index (κ1) is 14.2. The van der Waals surface area contributed by atoms with E-state index in [1.165, 1.54) is 12.1 Å². The average Bonchev–Trinajstić information content (AvgIpc) is 2.41. The number of halogens is 1. The van der Waals surface area contributed by atoms with Crippen molar-refractivity contribution in [3.05, 3.63) is 59.5 Å². The van der Waals surface area contributed by atoms with E-state index >= 15 is 0 Å². The van der Waals surface area contributed by atoms with Crippen molar-refractivity contribution in [3.8, 4) is 0 Å². The molecule has 3 heteroatoms. The molecule has 1 heterocycles. The van der Waals surface area contributed by atoms with Gasteiger partial charge in [-0.15, -0.1) is 0 Å². The lowest BCUT2D eigenvalue weighted by Gasteiger charge is -2.05. The van der Waals surface area contributed by atoms with Gasteiger partial charge < -0.3 is 5.32 Å². The van der Waals surface area contributed by atoms with Crippen molar-refractivity contribution in [1.82, 2.24) is 4.98 Å². The van der Waals surface area contributed by atoms with Gasteiger partial charge in [0.15, 0.2) is 0 Å². The minimum Gasteiger partial charge on any atom is -0.366 e. The molecule has 0 aliphatic heterocycles. The highest BCUT2D eigenvalue weighted by Gasteiger charge is 1.96. The zero-order valence-electron chi connectivity index (χ0n) is 11.1. The zero-order chi connectivity index (χ0) is 13.4. The number of anilines is 1. The number of pyridine rings is 1. The molecule has 0 aliphatic rings. The van der Waals surface area contributed by atoms with E-state index in [0.717, 1.165) is 16.9 Å². The number of rotatable bonds is 3. The first-order chi connectivity index (χ1) is 8.74. The van der Waals surface area contributed by atoms with E-state index in [0.29, 0.717) is 6.54 Å². The second kappa shape index (κ2) is 7.43. The summed E-state index contributed by atoms with van der Waals surface area (Å²) >= 11 is 0. The smallest absolute Gasteiger partial charge is 0.126 e. The van der Waals surface area contributed by atoms with E-state index in [-0.39, 0.29) is 5.82 Å². The largest absolute Gasteiger partial charge is 0.366 e. The molecule has 18 heavy (non-hydrogen) atoms. The molecule has 1 aromatic heterocycles. The molecule has 0 radical (unpaired) electrons. The highest BCUT2D eigenvalue weighted by molar-refractivity contribution is 5.37. The van der Waals surface area contributed by atoms with Gasteiger partial charge in [-0.25, -0.2) is 9.37 Å². The average molecular weight is 246 g/mol. The lowest BCUT2D eigenvalue weighted by atomic mass is 10.2. The normalized spacial score (nSPS) is 9.33. The summed E-state index contributed by atoms with van der Waals surface area (Å²) < 4.78 is 12.7. The van der Waals surface area contributed by atoms with Gasteiger partial charge in [0.1, 0.15) is 11.6 Å². The van der Waals surface area contributed by atoms with Gasteiger partial charge in [0, 0.05) is 12.7 Å². The number of aromatic nitrogens is 1. The Morgan fingerprint density at radius 2 is 1.78 bits per heavy atom. The summed E-state index contributed by atoms with van der Waals surface area (Å²) in [6.07, 6.45) is 1.77. The van der Waals surface area contributed by atoms with Gasteiger partial charge in [0.2, 0.25) is 0 Å². The van der Waals surface area contributed by atoms with E-state index in [4.69, 9.17) is 0 Å². The van der Waals surface area contributed by atoms with Crippen LogP contribution >= 0.6 is 0 Å². The maximum atomic E-state index is 12.7. The van der Waals surface area contributed by atoms with Crippen LogP contribution in [0.25, 0.3) is 0 Å². The third kappa shape index (κ3) is 4.53. The SMILES string of the molecule is CC.Cc1ccnc(NCc2ccc(F)cc2)c1. The van der Waals surface area contributed by atoms with E-state index in [2.05, 4.69) is 10.3 Å². The quantitative estimate of drug-likeness (QED) is 0.879. The third-order valence-electron chi connectivity index (χ3n) is 2.30. The van der Waals surface area contributed by atoms with E-state index in [9.17, 15) is 4.39 Å². The second-order valence-corrected chi connectivity index (χ2v) is 3.70. The predicted molar refractivity (Wildman–Crippen MR) is 74.0 cm³/mol. The van der Waals surface area contributed by atoms with Crippen LogP contribution in [-0.4, -0.2) is 4.98 Å². The molecule has 0 bridgehead atoms. The number of hydrogen-bond donors (Lipinski definition) is 1. The highest BCUT2D eigenvalue weighted by atomic mass is 19.1. The number of nitrogens with one attached hydrogen (secondary N) is 1. The van der Waals surface area contributed by atoms with Crippen molar-refractivity contribution >= 4 is 5.82 Å². The summed E-state index contributed by atoms with van der Waals surface area (Å²) in [5.74, 6) is 0.627. The molecule has 1 aromatic carbocycles. The van der Waals surface area contributed by atoms with Crippen LogP contribution in [0.3, 0.4) is 0 Å². The number of benzene rings is 1. The van der Waals surface area contributed by atoms with E-state index < -0.39 is 0 Å². The fourth-order valence-electron chi connectivity index (χ4n) is 1.43. The van der Waals surface area contributed by atoms with Gasteiger partial charge in [-0.1, -0.05) is 26.0 Å². The standard InChI is InChI=1S/C13H13FN2.C2H6/c1-10-6-7-15-13(8-10)16-9-11-2-4-12(14)5-3-11;1-2/h2-8H,9H2,1H3,(H,15,16);1-2H3. The van der Waals surface area contributed by atoms with Crippen LogP contribution in [0.5, 0.6) is 0 Å². The molecule has 0 atom stereocenters. The Morgan fingerprint density at radius 1 is 1.11 bits per heavy atom. The van der Waals surface area contributed by atoms with Crippen molar-refractivity contribution in [2.75, 3.05) is 5.32 Å². The van der Waals surface area contributed by atoms with Gasteiger partial charge in [-0.05, 0) is 42.3 Å². The van der Waals surface area contributed by atoms with Crippen molar-refractivity contribution in [3.63, 3.8) is 0 Å². The lowest BCUT2D eigenvalue weighted by molar-refractivity contribution is 0.627. The maximum Gasteiger partial charge on any atom is 0.126 e. The molecule has 0 spiro atoms. The topological polar surface area (TPSA) is 24.9 Å². The molecule has 0 amide bonds. The van der Waals surface area contributed by atoms with Crippen LogP contribution in [0.1, 0.15) is 25.0 Å². The van der Waals surface area contributed by atoms with Gasteiger partial charge in [-0.2, -0.15) is 0 Å². The van der Waals surface area contributed by atoms with Gasteiger partial charge in [0.05, 0.1) is 0 Å². The molecule has 0 fully saturated rings. The highest BCUT2D eigenvalue weighted by Crippen LogP contribution is 2.08. The molecule has 0 saturated carbocycles. The molecular formula is C15H19FN2. The first-order valence-corrected chi connectivity index (χ1v) is 6.15. The van der Waals surface area contributed by atoms with Crippen LogP contribution < -0.4 is 5.32 Å². The van der Waals surface area contributed by atoms with E-state index in [1.54, 1.807) is 18.3 Å². The fraction of sp³-hybridized carbons (Fsp3) is 0.267. The molecule has 1 N–H and O–H groups in total. The molecule has 2 aromatic rings. The first-order valence-electron chi connectivity index (χ1n) is 6.15.